The van der Waals surface area contributed by atoms with Gasteiger partial charge in [0.2, 0.25) is 10.3 Å². The molecule has 1 aliphatic carbocycles. The Bertz CT molecular complexity index is 743. The molecule has 0 spiro atoms. The van der Waals surface area contributed by atoms with Crippen LogP contribution in [-0.2, 0) is 16.5 Å². The third-order valence-electron chi connectivity index (χ3n) is 2.74. The summed E-state index contributed by atoms with van der Waals surface area (Å²) in [7, 11) is -2.45. The van der Waals surface area contributed by atoms with Crippen LogP contribution in [0.2, 0.25) is 0 Å². The van der Waals surface area contributed by atoms with Crippen LogP contribution >= 0.6 is 22.6 Å². The maximum Gasteiger partial charge on any atom is 0.416 e. The SMILES string of the molecule is O=S(=O)=C1C=C(I)C=CC1Nc1cccc(C(F)(F)F)c1. The quantitative estimate of drug-likeness (QED) is 0.582. The molecule has 1 aliphatic rings. The van der Waals surface area contributed by atoms with Gasteiger partial charge in [0.1, 0.15) is 0 Å². The van der Waals surface area contributed by atoms with E-state index in [0.717, 1.165) is 15.7 Å². The zero-order valence-corrected chi connectivity index (χ0v) is 13.3. The maximum atomic E-state index is 12.6. The van der Waals surface area contributed by atoms with Gasteiger partial charge in [0.25, 0.3) is 0 Å². The predicted octanol–water partition coefficient (Wildman–Crippen LogP) is 3.43. The summed E-state index contributed by atoms with van der Waals surface area (Å²) < 4.78 is 61.0. The van der Waals surface area contributed by atoms with Crippen LogP contribution in [0.3, 0.4) is 0 Å². The lowest BCUT2D eigenvalue weighted by Gasteiger charge is -2.19. The highest BCUT2D eigenvalue weighted by molar-refractivity contribution is 14.1. The van der Waals surface area contributed by atoms with Crippen LogP contribution in [0.4, 0.5) is 18.9 Å². The summed E-state index contributed by atoms with van der Waals surface area (Å²) in [5, 5.41) is 2.78. The summed E-state index contributed by atoms with van der Waals surface area (Å²) in [6, 6.07) is 3.94. The van der Waals surface area contributed by atoms with Gasteiger partial charge in [-0.1, -0.05) is 18.2 Å². The topological polar surface area (TPSA) is 46.2 Å². The summed E-state index contributed by atoms with van der Waals surface area (Å²) in [6.07, 6.45) is 0.313. The third kappa shape index (κ3) is 4.10. The molecule has 1 N–H and O–H groups in total. The number of benzene rings is 1. The number of alkyl halides is 3. The molecule has 1 unspecified atom stereocenters. The Morgan fingerprint density at radius 2 is 1.95 bits per heavy atom. The van der Waals surface area contributed by atoms with Crippen LogP contribution in [0.25, 0.3) is 0 Å². The minimum absolute atomic E-state index is 0.0827. The van der Waals surface area contributed by atoms with E-state index in [1.54, 1.807) is 12.2 Å². The summed E-state index contributed by atoms with van der Waals surface area (Å²) in [6.45, 7) is 0. The highest BCUT2D eigenvalue weighted by Crippen LogP contribution is 2.31. The van der Waals surface area contributed by atoms with E-state index in [4.69, 9.17) is 0 Å². The van der Waals surface area contributed by atoms with Crippen molar-refractivity contribution in [2.75, 3.05) is 5.32 Å². The highest BCUT2D eigenvalue weighted by atomic mass is 127. The molecule has 8 heteroatoms. The Hall–Kier alpha value is -1.29. The molecule has 1 aromatic carbocycles. The molecule has 0 amide bonds. The summed E-state index contributed by atoms with van der Waals surface area (Å²) in [5.41, 5.74) is -0.588. The number of rotatable bonds is 2. The van der Waals surface area contributed by atoms with Gasteiger partial charge >= 0.3 is 6.18 Å². The molecule has 0 heterocycles. The third-order valence-corrected chi connectivity index (χ3v) is 4.17. The van der Waals surface area contributed by atoms with Crippen molar-refractivity contribution in [1.29, 1.82) is 0 Å². The van der Waals surface area contributed by atoms with Crippen molar-refractivity contribution in [2.24, 2.45) is 0 Å². The Labute approximate surface area is 134 Å². The predicted molar refractivity (Wildman–Crippen MR) is 84.0 cm³/mol. The lowest BCUT2D eigenvalue weighted by atomic mass is 10.1. The van der Waals surface area contributed by atoms with Crippen LogP contribution in [-0.4, -0.2) is 19.3 Å². The minimum Gasteiger partial charge on any atom is -0.374 e. The van der Waals surface area contributed by atoms with Gasteiger partial charge in [0.15, 0.2) is 0 Å². The summed E-state index contributed by atoms with van der Waals surface area (Å²) in [4.78, 5) is 0.0827. The van der Waals surface area contributed by atoms with Crippen molar-refractivity contribution in [3.05, 3.63) is 51.6 Å². The van der Waals surface area contributed by atoms with Gasteiger partial charge in [0.05, 0.1) is 16.5 Å². The average Bonchev–Trinajstić information content (AvgIpc) is 2.40. The number of hydrogen-bond donors (Lipinski definition) is 1. The van der Waals surface area contributed by atoms with Crippen molar-refractivity contribution >= 4 is 43.4 Å². The molecule has 1 atom stereocenters. The van der Waals surface area contributed by atoms with Crippen LogP contribution in [0.1, 0.15) is 5.56 Å². The zero-order chi connectivity index (χ0) is 15.6. The number of anilines is 1. The highest BCUT2D eigenvalue weighted by Gasteiger charge is 2.30. The van der Waals surface area contributed by atoms with Crippen molar-refractivity contribution in [3.8, 4) is 0 Å². The van der Waals surface area contributed by atoms with Gasteiger partial charge in [-0.3, -0.25) is 0 Å². The van der Waals surface area contributed by atoms with Gasteiger partial charge in [-0.25, -0.2) is 0 Å². The smallest absolute Gasteiger partial charge is 0.374 e. The van der Waals surface area contributed by atoms with Crippen molar-refractivity contribution in [3.63, 3.8) is 0 Å². The second kappa shape index (κ2) is 6.22. The summed E-state index contributed by atoms with van der Waals surface area (Å²) >= 11 is 1.97. The first-order valence-corrected chi connectivity index (χ1v) is 7.88. The number of halogens is 4. The van der Waals surface area contributed by atoms with E-state index in [9.17, 15) is 21.6 Å². The van der Waals surface area contributed by atoms with Crippen LogP contribution in [0, 0.1) is 0 Å². The zero-order valence-electron chi connectivity index (χ0n) is 10.4. The fraction of sp³-hybridized carbons (Fsp3) is 0.154. The largest absolute Gasteiger partial charge is 0.416 e. The van der Waals surface area contributed by atoms with Crippen molar-refractivity contribution < 1.29 is 21.6 Å². The molecular formula is C13H9F3INO2S. The van der Waals surface area contributed by atoms with E-state index >= 15 is 0 Å². The Balaban J connectivity index is 2.31. The Morgan fingerprint density at radius 3 is 2.57 bits per heavy atom. The second-order valence-corrected chi connectivity index (χ2v) is 6.41. The molecule has 0 bridgehead atoms. The molecule has 0 saturated carbocycles. The number of nitrogens with one attached hydrogen (secondary N) is 1. The van der Waals surface area contributed by atoms with E-state index in [1.807, 2.05) is 22.6 Å². The first-order valence-electron chi connectivity index (χ1n) is 5.72. The molecule has 0 aromatic heterocycles. The van der Waals surface area contributed by atoms with E-state index in [2.05, 4.69) is 5.32 Å². The van der Waals surface area contributed by atoms with Crippen LogP contribution < -0.4 is 5.32 Å². The van der Waals surface area contributed by atoms with Gasteiger partial charge in [-0.15, -0.1) is 0 Å². The first kappa shape index (κ1) is 16.1. The molecule has 3 nitrogen and oxygen atoms in total. The molecule has 0 fully saturated rings. The van der Waals surface area contributed by atoms with E-state index in [-0.39, 0.29) is 10.6 Å². The number of hydrogen-bond acceptors (Lipinski definition) is 3. The van der Waals surface area contributed by atoms with Crippen molar-refractivity contribution in [1.82, 2.24) is 0 Å². The number of allylic oxidation sites excluding steroid dienone is 2. The van der Waals surface area contributed by atoms with Crippen molar-refractivity contribution in [2.45, 2.75) is 12.2 Å². The molecule has 112 valence electrons. The molecule has 1 aromatic rings. The second-order valence-electron chi connectivity index (χ2n) is 4.23. The normalized spacial score (nSPS) is 18.4. The Morgan fingerprint density at radius 1 is 1.24 bits per heavy atom. The molecule has 0 aliphatic heterocycles. The first-order chi connectivity index (χ1) is 9.77. The molecule has 0 radical (unpaired) electrons. The molecule has 2 rings (SSSR count). The van der Waals surface area contributed by atoms with Gasteiger partial charge in [0, 0.05) is 9.27 Å². The Kier molecular flexibility index (Phi) is 4.77. The lowest BCUT2D eigenvalue weighted by molar-refractivity contribution is -0.137. The molecular weight excluding hydrogens is 418 g/mol. The van der Waals surface area contributed by atoms with Crippen LogP contribution in [0.15, 0.2) is 46.1 Å². The molecule has 0 saturated heterocycles. The monoisotopic (exact) mass is 427 g/mol. The van der Waals surface area contributed by atoms with Gasteiger partial charge < -0.3 is 5.32 Å². The van der Waals surface area contributed by atoms with E-state index < -0.39 is 28.1 Å². The average molecular weight is 427 g/mol. The standard InChI is InChI=1S/C13H9F3INO2S/c14-13(15,16)8-2-1-3-10(6-8)18-11-5-4-9(17)7-12(11)21(19)20/h1-7,11,18H. The fourth-order valence-electron chi connectivity index (χ4n) is 1.79. The minimum atomic E-state index is -4.44. The molecule has 21 heavy (non-hydrogen) atoms. The maximum absolute atomic E-state index is 12.6. The fourth-order valence-corrected chi connectivity index (χ4v) is 3.12. The van der Waals surface area contributed by atoms with Crippen LogP contribution in [0.5, 0.6) is 0 Å². The summed E-state index contributed by atoms with van der Waals surface area (Å²) in [5.74, 6) is 0. The lowest BCUT2D eigenvalue weighted by Crippen LogP contribution is -2.28. The van der Waals surface area contributed by atoms with E-state index in [0.29, 0.717) is 0 Å². The van der Waals surface area contributed by atoms with Gasteiger partial charge in [-0.2, -0.15) is 21.6 Å². The van der Waals surface area contributed by atoms with E-state index in [1.165, 1.54) is 18.2 Å². The van der Waals surface area contributed by atoms with Gasteiger partial charge in [-0.05, 0) is 46.9 Å².